The van der Waals surface area contributed by atoms with Crippen LogP contribution < -0.4 is 9.64 Å². The molecular formula is C20H26FN2O3PS. The summed E-state index contributed by atoms with van der Waals surface area (Å²) in [5.74, 6) is 0.908. The quantitative estimate of drug-likeness (QED) is 0.582. The molecular weight excluding hydrogens is 398 g/mol. The van der Waals surface area contributed by atoms with Crippen molar-refractivity contribution in [2.75, 3.05) is 51.0 Å². The Morgan fingerprint density at radius 2 is 1.93 bits per heavy atom. The Bertz CT molecular complexity index is 763. The molecule has 1 aromatic carbocycles. The number of rotatable bonds is 8. The number of benzene rings is 1. The van der Waals surface area contributed by atoms with Crippen LogP contribution in [-0.4, -0.2) is 56.9 Å². The van der Waals surface area contributed by atoms with Gasteiger partial charge in [-0.1, -0.05) is 0 Å². The molecule has 1 atom stereocenters. The highest BCUT2D eigenvalue weighted by molar-refractivity contribution is 7.46. The number of anilines is 1. The summed E-state index contributed by atoms with van der Waals surface area (Å²) in [6.45, 7) is 5.19. The van der Waals surface area contributed by atoms with Gasteiger partial charge in [-0.2, -0.15) is 4.20 Å². The van der Waals surface area contributed by atoms with Crippen LogP contribution in [0.1, 0.15) is 22.2 Å². The summed E-state index contributed by atoms with van der Waals surface area (Å²) in [6, 6.07) is 9.90. The Kier molecular flexibility index (Phi) is 7.65. The monoisotopic (exact) mass is 424 g/mol. The summed E-state index contributed by atoms with van der Waals surface area (Å²) in [4.78, 5) is 17.7. The fourth-order valence-corrected chi connectivity index (χ4v) is 4.91. The summed E-state index contributed by atoms with van der Waals surface area (Å²) in [6.07, 6.45) is 0.991. The lowest BCUT2D eigenvalue weighted by Gasteiger charge is -2.36. The van der Waals surface area contributed by atoms with Gasteiger partial charge in [0.15, 0.2) is 0 Å². The topological polar surface area (TPSA) is 42.0 Å². The van der Waals surface area contributed by atoms with Crippen molar-refractivity contribution in [1.29, 1.82) is 0 Å². The predicted octanol–water partition coefficient (Wildman–Crippen LogP) is 4.58. The van der Waals surface area contributed by atoms with Crippen molar-refractivity contribution in [2.45, 2.75) is 13.3 Å². The highest BCUT2D eigenvalue weighted by Gasteiger charge is 2.23. The van der Waals surface area contributed by atoms with E-state index in [9.17, 15) is 8.99 Å². The number of piperazine rings is 1. The van der Waals surface area contributed by atoms with Crippen LogP contribution in [0.3, 0.4) is 0 Å². The second-order valence-corrected chi connectivity index (χ2v) is 8.76. The van der Waals surface area contributed by atoms with Crippen molar-refractivity contribution in [1.82, 2.24) is 4.90 Å². The number of amides is 1. The molecule has 0 radical (unpaired) electrons. The minimum absolute atomic E-state index is 0.0675. The van der Waals surface area contributed by atoms with E-state index in [2.05, 4.69) is 4.90 Å². The molecule has 1 fully saturated rings. The zero-order valence-corrected chi connectivity index (χ0v) is 18.0. The molecule has 0 bridgehead atoms. The van der Waals surface area contributed by atoms with Gasteiger partial charge in [-0.3, -0.25) is 4.79 Å². The van der Waals surface area contributed by atoms with Crippen LogP contribution in [0.15, 0.2) is 35.7 Å². The van der Waals surface area contributed by atoms with Gasteiger partial charge in [0.1, 0.15) is 5.75 Å². The van der Waals surface area contributed by atoms with Crippen LogP contribution in [0.25, 0.3) is 0 Å². The SMILES string of the molecule is CCOP(F)CCc1csc(C(=O)N2CCN(c3ccc(OC)cc3)CC2)c1. The number of methoxy groups -OCH3 is 1. The molecule has 1 saturated heterocycles. The first-order valence-electron chi connectivity index (χ1n) is 9.42. The number of nitrogens with zero attached hydrogens (tertiary/aromatic N) is 2. The molecule has 152 valence electrons. The number of halogens is 1. The number of thiophene rings is 1. The summed E-state index contributed by atoms with van der Waals surface area (Å²) in [5, 5.41) is 1.95. The van der Waals surface area contributed by atoms with E-state index in [1.54, 1.807) is 14.0 Å². The summed E-state index contributed by atoms with van der Waals surface area (Å²) in [5.41, 5.74) is 2.15. The molecule has 1 aliphatic rings. The highest BCUT2D eigenvalue weighted by Crippen LogP contribution is 2.39. The van der Waals surface area contributed by atoms with Gasteiger partial charge in [0.25, 0.3) is 5.91 Å². The maximum absolute atomic E-state index is 13.5. The van der Waals surface area contributed by atoms with E-state index in [1.807, 2.05) is 40.6 Å². The van der Waals surface area contributed by atoms with Crippen molar-refractivity contribution in [2.24, 2.45) is 0 Å². The van der Waals surface area contributed by atoms with Gasteiger partial charge in [0.05, 0.1) is 18.6 Å². The minimum Gasteiger partial charge on any atom is -0.497 e. The lowest BCUT2D eigenvalue weighted by Crippen LogP contribution is -2.48. The Labute approximate surface area is 171 Å². The molecule has 2 heterocycles. The highest BCUT2D eigenvalue weighted by atomic mass is 32.1. The second kappa shape index (κ2) is 10.2. The predicted molar refractivity (Wildman–Crippen MR) is 114 cm³/mol. The number of carbonyl (C=O) groups excluding carboxylic acids is 1. The van der Waals surface area contributed by atoms with Crippen molar-refractivity contribution < 1.29 is 18.3 Å². The maximum atomic E-state index is 13.5. The van der Waals surface area contributed by atoms with Crippen molar-refractivity contribution in [3.63, 3.8) is 0 Å². The van der Waals surface area contributed by atoms with E-state index in [0.717, 1.165) is 35.0 Å². The van der Waals surface area contributed by atoms with E-state index in [-0.39, 0.29) is 5.91 Å². The van der Waals surface area contributed by atoms with Crippen molar-refractivity contribution in [3.05, 3.63) is 46.2 Å². The fourth-order valence-electron chi connectivity index (χ4n) is 3.16. The minimum atomic E-state index is -1.86. The van der Waals surface area contributed by atoms with Gasteiger partial charge in [-0.25, -0.2) is 0 Å². The first kappa shape index (κ1) is 21.0. The first-order chi connectivity index (χ1) is 13.6. The molecule has 1 unspecified atom stereocenters. The Morgan fingerprint density at radius 3 is 2.57 bits per heavy atom. The average molecular weight is 424 g/mol. The molecule has 1 aromatic heterocycles. The van der Waals surface area contributed by atoms with Crippen LogP contribution in [0.2, 0.25) is 0 Å². The molecule has 0 aliphatic carbocycles. The molecule has 1 aliphatic heterocycles. The third-order valence-electron chi connectivity index (χ3n) is 4.71. The largest absolute Gasteiger partial charge is 0.497 e. The van der Waals surface area contributed by atoms with Gasteiger partial charge in [0, 0.05) is 38.0 Å². The fraction of sp³-hybridized carbons (Fsp3) is 0.450. The second-order valence-electron chi connectivity index (χ2n) is 6.51. The van der Waals surface area contributed by atoms with E-state index in [4.69, 9.17) is 9.26 Å². The Balaban J connectivity index is 1.50. The average Bonchev–Trinajstić information content (AvgIpc) is 3.21. The van der Waals surface area contributed by atoms with Crippen LogP contribution >= 0.6 is 19.8 Å². The zero-order valence-electron chi connectivity index (χ0n) is 16.3. The van der Waals surface area contributed by atoms with Gasteiger partial charge in [0.2, 0.25) is 8.46 Å². The molecule has 2 aromatic rings. The van der Waals surface area contributed by atoms with E-state index < -0.39 is 8.46 Å². The zero-order chi connectivity index (χ0) is 19.9. The van der Waals surface area contributed by atoms with Crippen molar-refractivity contribution in [3.8, 4) is 5.75 Å². The van der Waals surface area contributed by atoms with Gasteiger partial charge < -0.3 is 19.1 Å². The first-order valence-corrected chi connectivity index (χ1v) is 11.6. The molecule has 5 nitrogen and oxygen atoms in total. The van der Waals surface area contributed by atoms with Gasteiger partial charge >= 0.3 is 0 Å². The van der Waals surface area contributed by atoms with E-state index in [0.29, 0.717) is 32.3 Å². The van der Waals surface area contributed by atoms with Crippen LogP contribution in [0.4, 0.5) is 9.88 Å². The molecule has 0 N–H and O–H groups in total. The lowest BCUT2D eigenvalue weighted by atomic mass is 10.2. The number of carbonyl (C=O) groups is 1. The number of ether oxygens (including phenoxy) is 1. The molecule has 8 heteroatoms. The number of hydrogen-bond acceptors (Lipinski definition) is 5. The smallest absolute Gasteiger partial charge is 0.264 e. The third-order valence-corrected chi connectivity index (χ3v) is 6.80. The van der Waals surface area contributed by atoms with Crippen LogP contribution in [0, 0.1) is 0 Å². The lowest BCUT2D eigenvalue weighted by molar-refractivity contribution is 0.0751. The Hall–Kier alpha value is -1.69. The maximum Gasteiger partial charge on any atom is 0.264 e. The van der Waals surface area contributed by atoms with E-state index >= 15 is 0 Å². The number of aryl methyl sites for hydroxylation is 1. The third kappa shape index (κ3) is 5.43. The molecule has 0 spiro atoms. The van der Waals surface area contributed by atoms with Gasteiger partial charge in [-0.05, 0) is 54.6 Å². The van der Waals surface area contributed by atoms with Crippen LogP contribution in [0.5, 0.6) is 5.75 Å². The van der Waals surface area contributed by atoms with Gasteiger partial charge in [-0.15, -0.1) is 11.3 Å². The standard InChI is InChI=1S/C20H26FN2O3PS/c1-3-26-27(21)13-8-16-14-19(28-15-16)20(24)23-11-9-22(10-12-23)17-4-6-18(25-2)7-5-17/h4-7,14-15H,3,8-13H2,1-2H3. The number of hydrogen-bond donors (Lipinski definition) is 0. The molecule has 28 heavy (non-hydrogen) atoms. The Morgan fingerprint density at radius 1 is 1.21 bits per heavy atom. The van der Waals surface area contributed by atoms with Crippen LogP contribution in [-0.2, 0) is 10.9 Å². The van der Waals surface area contributed by atoms with E-state index in [1.165, 1.54) is 11.3 Å². The molecule has 1 amide bonds. The molecule has 3 rings (SSSR count). The van der Waals surface area contributed by atoms with Crippen molar-refractivity contribution >= 4 is 31.4 Å². The molecule has 0 saturated carbocycles. The normalized spacial score (nSPS) is 15.5. The summed E-state index contributed by atoms with van der Waals surface area (Å²) >= 11 is 1.44. The summed E-state index contributed by atoms with van der Waals surface area (Å²) < 4.78 is 23.7. The summed E-state index contributed by atoms with van der Waals surface area (Å²) in [7, 11) is -0.199.